The molecular weight excluding hydrogens is 408 g/mol. The second-order valence-electron chi connectivity index (χ2n) is 8.54. The van der Waals surface area contributed by atoms with E-state index in [1.165, 1.54) is 29.4 Å². The van der Waals surface area contributed by atoms with Gasteiger partial charge in [0.05, 0.1) is 30.9 Å². The molecule has 0 saturated heterocycles. The summed E-state index contributed by atoms with van der Waals surface area (Å²) in [7, 11) is 1.43. The lowest BCUT2D eigenvalue weighted by molar-refractivity contribution is -0.139. The smallest absolute Gasteiger partial charge is 0.309 e. The van der Waals surface area contributed by atoms with Gasteiger partial charge in [0.25, 0.3) is 0 Å². The van der Waals surface area contributed by atoms with Crippen molar-refractivity contribution in [3.8, 4) is 0 Å². The Labute approximate surface area is 193 Å². The third-order valence-electron chi connectivity index (χ3n) is 6.41. The Morgan fingerprint density at radius 2 is 1.73 bits per heavy atom. The van der Waals surface area contributed by atoms with Gasteiger partial charge in [-0.3, -0.25) is 4.79 Å². The molecule has 1 aliphatic rings. The van der Waals surface area contributed by atoms with Crippen LogP contribution in [0.4, 0.5) is 0 Å². The van der Waals surface area contributed by atoms with Crippen LogP contribution in [-0.2, 0) is 22.5 Å². The second kappa shape index (κ2) is 8.55. The molecule has 1 heterocycles. The summed E-state index contributed by atoms with van der Waals surface area (Å²) >= 11 is 0. The molecule has 1 aliphatic carbocycles. The fraction of sp³-hybridized carbons (Fsp3) is 0.172. The molecule has 0 spiro atoms. The maximum Gasteiger partial charge on any atom is 0.309 e. The van der Waals surface area contributed by atoms with Gasteiger partial charge in [0.15, 0.2) is 0 Å². The summed E-state index contributed by atoms with van der Waals surface area (Å²) in [5, 5.41) is 0. The molecule has 0 bridgehead atoms. The Morgan fingerprint density at radius 3 is 2.55 bits per heavy atom. The van der Waals surface area contributed by atoms with Crippen LogP contribution in [0.2, 0.25) is 0 Å². The molecule has 0 saturated carbocycles. The van der Waals surface area contributed by atoms with E-state index in [0.29, 0.717) is 6.54 Å². The SMILES string of the molecule is COC(=O)Cc1ccc2c(c1)/C(=C/Cn1cnc3cc(C)c(C)cc31)c1ccccc1C=C2. The molecule has 4 aromatic rings. The molecule has 4 heteroatoms. The summed E-state index contributed by atoms with van der Waals surface area (Å²) in [6, 6.07) is 19.0. The first kappa shape index (κ1) is 21.0. The fourth-order valence-electron chi connectivity index (χ4n) is 4.41. The molecule has 0 fully saturated rings. The number of hydrogen-bond donors (Lipinski definition) is 0. The lowest BCUT2D eigenvalue weighted by atomic mass is 9.91. The number of carbonyl (C=O) groups excluding carboxylic acids is 1. The van der Waals surface area contributed by atoms with E-state index >= 15 is 0 Å². The number of rotatable bonds is 4. The van der Waals surface area contributed by atoms with Crippen LogP contribution in [-0.4, -0.2) is 22.6 Å². The predicted octanol–water partition coefficient (Wildman–Crippen LogP) is 5.98. The minimum Gasteiger partial charge on any atom is -0.469 e. The zero-order chi connectivity index (χ0) is 22.9. The number of allylic oxidation sites excluding steroid dienone is 1. The van der Waals surface area contributed by atoms with E-state index in [2.05, 4.69) is 90.2 Å². The average molecular weight is 435 g/mol. The number of ether oxygens (including phenoxy) is 1. The molecule has 0 amide bonds. The summed E-state index contributed by atoms with van der Waals surface area (Å²) < 4.78 is 7.07. The van der Waals surface area contributed by atoms with Gasteiger partial charge >= 0.3 is 5.97 Å². The first-order valence-corrected chi connectivity index (χ1v) is 11.1. The Kier molecular flexibility index (Phi) is 5.43. The van der Waals surface area contributed by atoms with Gasteiger partial charge in [-0.25, -0.2) is 4.98 Å². The number of aryl methyl sites for hydroxylation is 2. The minimum atomic E-state index is -0.236. The van der Waals surface area contributed by atoms with Crippen LogP contribution < -0.4 is 0 Å². The number of carbonyl (C=O) groups is 1. The van der Waals surface area contributed by atoms with Gasteiger partial charge in [-0.1, -0.05) is 54.6 Å². The first-order valence-electron chi connectivity index (χ1n) is 11.1. The Bertz CT molecular complexity index is 1440. The molecule has 3 aromatic carbocycles. The van der Waals surface area contributed by atoms with E-state index < -0.39 is 0 Å². The molecule has 1 aromatic heterocycles. The number of aromatic nitrogens is 2. The minimum absolute atomic E-state index is 0.236. The number of fused-ring (bicyclic) bond motifs is 3. The summed E-state index contributed by atoms with van der Waals surface area (Å²) in [6.45, 7) is 4.95. The van der Waals surface area contributed by atoms with Crippen LogP contribution in [0.3, 0.4) is 0 Å². The predicted molar refractivity (Wildman–Crippen MR) is 134 cm³/mol. The van der Waals surface area contributed by atoms with E-state index in [0.717, 1.165) is 33.3 Å². The Balaban J connectivity index is 1.62. The molecule has 0 unspecified atom stereocenters. The molecule has 0 atom stereocenters. The van der Waals surface area contributed by atoms with Crippen molar-refractivity contribution in [3.05, 3.63) is 106 Å². The zero-order valence-electron chi connectivity index (χ0n) is 19.1. The van der Waals surface area contributed by atoms with Crippen LogP contribution in [0.25, 0.3) is 28.8 Å². The van der Waals surface area contributed by atoms with Crippen molar-refractivity contribution in [3.63, 3.8) is 0 Å². The van der Waals surface area contributed by atoms with Crippen molar-refractivity contribution in [2.24, 2.45) is 0 Å². The highest BCUT2D eigenvalue weighted by atomic mass is 16.5. The molecule has 0 aliphatic heterocycles. The molecule has 0 radical (unpaired) electrons. The van der Waals surface area contributed by atoms with Gasteiger partial charge < -0.3 is 9.30 Å². The molecule has 4 nitrogen and oxygen atoms in total. The molecule has 5 rings (SSSR count). The third kappa shape index (κ3) is 4.00. The van der Waals surface area contributed by atoms with Crippen molar-refractivity contribution in [2.45, 2.75) is 26.8 Å². The molecular formula is C29H26N2O2. The summed E-state index contributed by atoms with van der Waals surface area (Å²) in [6.07, 6.45) is 8.75. The van der Waals surface area contributed by atoms with E-state index in [4.69, 9.17) is 4.74 Å². The number of imidazole rings is 1. The lowest BCUT2D eigenvalue weighted by Crippen LogP contribution is -2.05. The van der Waals surface area contributed by atoms with E-state index in [-0.39, 0.29) is 12.4 Å². The number of esters is 1. The average Bonchev–Trinajstić information content (AvgIpc) is 3.12. The quantitative estimate of drug-likeness (QED) is 0.327. The van der Waals surface area contributed by atoms with Gasteiger partial charge in [-0.05, 0) is 76.6 Å². The first-order chi connectivity index (χ1) is 16.0. The van der Waals surface area contributed by atoms with Crippen molar-refractivity contribution < 1.29 is 9.53 Å². The lowest BCUT2D eigenvalue weighted by Gasteiger charge is -2.14. The number of hydrogen-bond acceptors (Lipinski definition) is 3. The van der Waals surface area contributed by atoms with Crippen molar-refractivity contribution in [1.82, 2.24) is 9.55 Å². The van der Waals surface area contributed by atoms with E-state index in [1.807, 2.05) is 12.4 Å². The fourth-order valence-corrected chi connectivity index (χ4v) is 4.41. The zero-order valence-corrected chi connectivity index (χ0v) is 19.1. The van der Waals surface area contributed by atoms with Crippen LogP contribution >= 0.6 is 0 Å². The van der Waals surface area contributed by atoms with E-state index in [9.17, 15) is 4.79 Å². The van der Waals surface area contributed by atoms with Crippen molar-refractivity contribution in [1.29, 1.82) is 0 Å². The highest BCUT2D eigenvalue weighted by Crippen LogP contribution is 2.35. The van der Waals surface area contributed by atoms with Crippen molar-refractivity contribution in [2.75, 3.05) is 7.11 Å². The Hall–Kier alpha value is -3.92. The van der Waals surface area contributed by atoms with Crippen LogP contribution in [0.1, 0.15) is 38.9 Å². The highest BCUT2D eigenvalue weighted by molar-refractivity contribution is 5.94. The van der Waals surface area contributed by atoms with Crippen LogP contribution in [0.15, 0.2) is 67.0 Å². The van der Waals surface area contributed by atoms with Gasteiger partial charge in [0.1, 0.15) is 0 Å². The highest BCUT2D eigenvalue weighted by Gasteiger charge is 2.16. The number of methoxy groups -OCH3 is 1. The van der Waals surface area contributed by atoms with Gasteiger partial charge in [-0.15, -0.1) is 0 Å². The third-order valence-corrected chi connectivity index (χ3v) is 6.41. The molecule has 0 N–H and O–H groups in total. The van der Waals surface area contributed by atoms with Crippen LogP contribution in [0.5, 0.6) is 0 Å². The number of nitrogens with zero attached hydrogens (tertiary/aromatic N) is 2. The summed E-state index contributed by atoms with van der Waals surface area (Å²) in [5.74, 6) is -0.236. The van der Waals surface area contributed by atoms with Crippen molar-refractivity contribution >= 4 is 34.7 Å². The number of benzene rings is 3. The second-order valence-corrected chi connectivity index (χ2v) is 8.54. The maximum absolute atomic E-state index is 11.9. The molecule has 164 valence electrons. The normalized spacial score (nSPS) is 13.6. The Morgan fingerprint density at radius 1 is 0.970 bits per heavy atom. The standard InChI is InChI=1S/C29H26N2O2/c1-19-14-27-28(15-20(19)2)31(18-30-27)13-12-25-24-7-5-4-6-22(24)10-11-23-9-8-21(16-26(23)25)17-29(32)33-3/h4-12,14-16,18H,13,17H2,1-3H3/b25-12+. The van der Waals surface area contributed by atoms with Gasteiger partial charge in [0, 0.05) is 6.54 Å². The summed E-state index contributed by atoms with van der Waals surface area (Å²) in [5.41, 5.74) is 11.4. The molecule has 33 heavy (non-hydrogen) atoms. The van der Waals surface area contributed by atoms with Gasteiger partial charge in [-0.2, -0.15) is 0 Å². The topological polar surface area (TPSA) is 44.1 Å². The summed E-state index contributed by atoms with van der Waals surface area (Å²) in [4.78, 5) is 16.5. The van der Waals surface area contributed by atoms with Gasteiger partial charge in [0.2, 0.25) is 0 Å². The van der Waals surface area contributed by atoms with Crippen LogP contribution in [0, 0.1) is 13.8 Å². The maximum atomic E-state index is 11.9. The monoisotopic (exact) mass is 434 g/mol. The largest absolute Gasteiger partial charge is 0.469 e. The van der Waals surface area contributed by atoms with E-state index in [1.54, 1.807) is 0 Å².